The first-order chi connectivity index (χ1) is 18.1. The van der Waals surface area contributed by atoms with Crippen LogP contribution in [0.25, 0.3) is 0 Å². The second-order valence-corrected chi connectivity index (χ2v) is 9.65. The van der Waals surface area contributed by atoms with Gasteiger partial charge in [-0.3, -0.25) is 24.6 Å². The molecule has 3 aliphatic heterocycles. The van der Waals surface area contributed by atoms with Crippen molar-refractivity contribution in [1.29, 1.82) is 0 Å². The van der Waals surface area contributed by atoms with E-state index < -0.39 is 40.5 Å². The summed E-state index contributed by atoms with van der Waals surface area (Å²) < 4.78 is 20.9. The number of aromatic hydroxyl groups is 2. The van der Waals surface area contributed by atoms with E-state index in [-0.39, 0.29) is 49.1 Å². The molecule has 10 nitrogen and oxygen atoms in total. The molecule has 4 N–H and O–H groups in total. The van der Waals surface area contributed by atoms with E-state index in [1.54, 1.807) is 18.2 Å². The lowest BCUT2D eigenvalue weighted by atomic mass is 9.70. The minimum absolute atomic E-state index is 0.00313. The molecule has 0 aliphatic carbocycles. The van der Waals surface area contributed by atoms with E-state index in [0.29, 0.717) is 43.1 Å². The predicted octanol–water partition coefficient (Wildman–Crippen LogP) is -0.268. The van der Waals surface area contributed by atoms with Crippen LogP contribution >= 0.6 is 0 Å². The monoisotopic (exact) mass is 518 g/mol. The first-order valence-corrected chi connectivity index (χ1v) is 12.2. The van der Waals surface area contributed by atoms with Crippen molar-refractivity contribution in [3.8, 4) is 11.5 Å². The molecule has 0 saturated carbocycles. The minimum Gasteiger partial charge on any atom is -0.505 e. The first kappa shape index (κ1) is 26.1. The van der Waals surface area contributed by atoms with Crippen molar-refractivity contribution in [3.63, 3.8) is 0 Å². The lowest BCUT2D eigenvalue weighted by molar-refractivity contribution is -0.138. The molecule has 1 atom stereocenters. The maximum absolute atomic E-state index is 15.6. The number of halogens is 1. The van der Waals surface area contributed by atoms with E-state index >= 15 is 4.39 Å². The number of hydrogen-bond donors (Lipinski definition) is 4. The lowest BCUT2D eigenvalue weighted by Crippen LogP contribution is -2.63. The number of phenolic OH excluding ortho intramolecular Hbond substituents is 2. The summed E-state index contributed by atoms with van der Waals surface area (Å²) in [6, 6.07) is 4.92. The molecule has 0 aromatic heterocycles. The largest absolute Gasteiger partial charge is 0.505 e. The number of benzene rings is 2. The number of nitrogens with one attached hydrogen (secondary N) is 2. The second kappa shape index (κ2) is 9.95. The van der Waals surface area contributed by atoms with Crippen LogP contribution in [0.4, 0.5) is 10.1 Å². The van der Waals surface area contributed by atoms with Gasteiger partial charge in [-0.25, -0.2) is 4.39 Å². The predicted molar refractivity (Wildman–Crippen MR) is 136 cm³/mol. The molecule has 3 aliphatic rings. The number of carbonyl (C=O) groups is 3. The topological polar surface area (TPSA) is 131 Å². The minimum atomic E-state index is -1.69. The Labute approximate surface area is 220 Å². The van der Waals surface area contributed by atoms with Gasteiger partial charge in [0.1, 0.15) is 21.5 Å². The summed E-state index contributed by atoms with van der Waals surface area (Å²) in [5.41, 5.74) is -0.749. The Morgan fingerprint density at radius 2 is 1.87 bits per heavy atom. The first-order valence-electron chi connectivity index (χ1n) is 12.2. The highest BCUT2D eigenvalue weighted by Gasteiger charge is 2.48. The summed E-state index contributed by atoms with van der Waals surface area (Å²) in [4.78, 5) is 40.4. The van der Waals surface area contributed by atoms with Crippen molar-refractivity contribution in [3.05, 3.63) is 46.3 Å². The van der Waals surface area contributed by atoms with Crippen molar-refractivity contribution in [2.45, 2.75) is 37.9 Å². The zero-order chi connectivity index (χ0) is 27.2. The molecule has 4 radical (unpaired) electrons. The van der Waals surface area contributed by atoms with E-state index in [1.807, 2.05) is 4.90 Å². The molecule has 2 aromatic rings. The van der Waals surface area contributed by atoms with Crippen molar-refractivity contribution < 1.29 is 33.7 Å². The fourth-order valence-electron chi connectivity index (χ4n) is 5.09. The Morgan fingerprint density at radius 1 is 1.13 bits per heavy atom. The van der Waals surface area contributed by atoms with Crippen molar-refractivity contribution in [2.75, 3.05) is 31.6 Å². The van der Waals surface area contributed by atoms with Crippen molar-refractivity contribution in [2.24, 2.45) is 0 Å². The number of amides is 3. The number of piperidine rings is 1. The molecule has 5 rings (SSSR count). The number of nitrogens with zero attached hydrogens (tertiary/aromatic N) is 2. The average Bonchev–Trinajstić information content (AvgIpc) is 3.26. The van der Waals surface area contributed by atoms with E-state index in [9.17, 15) is 24.6 Å². The maximum atomic E-state index is 15.6. The number of morpholine rings is 1. The summed E-state index contributed by atoms with van der Waals surface area (Å²) in [5.74, 6) is -3.61. The third kappa shape index (κ3) is 4.39. The molecule has 2 fully saturated rings. The zero-order valence-electron chi connectivity index (χ0n) is 20.6. The fraction of sp³-hybridized carbons (Fsp3) is 0.400. The number of rotatable bonds is 6. The molecule has 1 unspecified atom stereocenters. The van der Waals surface area contributed by atoms with Crippen LogP contribution < -0.4 is 16.1 Å². The number of carbonyl (C=O) groups excluding carboxylic acids is 3. The summed E-state index contributed by atoms with van der Waals surface area (Å²) in [5, 5.41) is 26.1. The van der Waals surface area contributed by atoms with Gasteiger partial charge >= 0.3 is 0 Å². The summed E-state index contributed by atoms with van der Waals surface area (Å²) in [6.45, 7) is 1.96. The standard InChI is InChI=1S/C25H25B2FN4O6/c26-19-14(20(28)16(21(34)22(19)35)11-31-6-8-38-9-7-31)10-29-17-3-1-2-13-15(17)12-32(23(13)36)25(27)5-4-18(33)30-24(25)37/h1-3,29,34-35H,4-12H2,(H,30,33,37). The van der Waals surface area contributed by atoms with Crippen LogP contribution in [-0.2, 0) is 34.0 Å². The molecule has 3 heterocycles. The van der Waals surface area contributed by atoms with Crippen LogP contribution in [0.2, 0.25) is 0 Å². The summed E-state index contributed by atoms with van der Waals surface area (Å²) >= 11 is 0. The molecule has 13 heteroatoms. The molecule has 0 spiro atoms. The van der Waals surface area contributed by atoms with Gasteiger partial charge in [0.2, 0.25) is 11.8 Å². The van der Waals surface area contributed by atoms with Crippen LogP contribution in [0.1, 0.15) is 39.9 Å². The lowest BCUT2D eigenvalue weighted by Gasteiger charge is -2.40. The highest BCUT2D eigenvalue weighted by Crippen LogP contribution is 2.37. The Hall–Kier alpha value is -3.57. The molecule has 38 heavy (non-hydrogen) atoms. The van der Waals surface area contributed by atoms with E-state index in [4.69, 9.17) is 20.4 Å². The van der Waals surface area contributed by atoms with Gasteiger partial charge in [-0.1, -0.05) is 6.07 Å². The zero-order valence-corrected chi connectivity index (χ0v) is 20.6. The Balaban J connectivity index is 1.40. The molecule has 194 valence electrons. The number of hydrogen-bond acceptors (Lipinski definition) is 8. The van der Waals surface area contributed by atoms with Gasteiger partial charge < -0.3 is 25.2 Å². The van der Waals surface area contributed by atoms with Crippen LogP contribution in [0, 0.1) is 5.82 Å². The summed E-state index contributed by atoms with van der Waals surface area (Å²) in [6.07, 6.45) is -0.0102. The van der Waals surface area contributed by atoms with E-state index in [2.05, 4.69) is 10.6 Å². The quantitative estimate of drug-likeness (QED) is 0.234. The average molecular weight is 518 g/mol. The Kier molecular flexibility index (Phi) is 6.82. The smallest absolute Gasteiger partial charge is 0.254 e. The number of fused-ring (bicyclic) bond motifs is 1. The number of anilines is 1. The third-order valence-electron chi connectivity index (χ3n) is 7.39. The van der Waals surface area contributed by atoms with Crippen LogP contribution in [-0.4, -0.2) is 85.2 Å². The van der Waals surface area contributed by atoms with Gasteiger partial charge in [-0.2, -0.15) is 0 Å². The molecule has 3 amide bonds. The van der Waals surface area contributed by atoms with Gasteiger partial charge in [0, 0.05) is 67.1 Å². The van der Waals surface area contributed by atoms with Crippen molar-refractivity contribution >= 4 is 44.6 Å². The number of ether oxygens (including phenoxy) is 1. The second-order valence-electron chi connectivity index (χ2n) is 9.65. The fourth-order valence-corrected chi connectivity index (χ4v) is 5.09. The molecular weight excluding hydrogens is 493 g/mol. The molecular formula is C25H25B2FN4O6. The third-order valence-corrected chi connectivity index (χ3v) is 7.39. The SMILES string of the molecule is [B]c1c(O)c(O)c(CN2CCOCC2)c(F)c1CNc1cccc2c1CN(C1([B])CCC(=O)NC1=O)C2=O. The summed E-state index contributed by atoms with van der Waals surface area (Å²) in [7, 11) is 12.3. The van der Waals surface area contributed by atoms with Crippen molar-refractivity contribution in [1.82, 2.24) is 15.1 Å². The van der Waals surface area contributed by atoms with Crippen LogP contribution in [0.15, 0.2) is 18.2 Å². The number of imide groups is 1. The maximum Gasteiger partial charge on any atom is 0.254 e. The Morgan fingerprint density at radius 3 is 2.58 bits per heavy atom. The molecule has 2 aromatic carbocycles. The normalized spacial score (nSPS) is 21.9. The van der Waals surface area contributed by atoms with Gasteiger partial charge in [0.05, 0.1) is 18.7 Å². The van der Waals surface area contributed by atoms with Gasteiger partial charge in [0.25, 0.3) is 5.91 Å². The van der Waals surface area contributed by atoms with Gasteiger partial charge in [0.15, 0.2) is 11.5 Å². The highest BCUT2D eigenvalue weighted by molar-refractivity contribution is 6.35. The van der Waals surface area contributed by atoms with E-state index in [0.717, 1.165) is 0 Å². The van der Waals surface area contributed by atoms with Gasteiger partial charge in [-0.15, -0.1) is 0 Å². The molecule has 0 bridgehead atoms. The van der Waals surface area contributed by atoms with Crippen LogP contribution in [0.3, 0.4) is 0 Å². The number of phenols is 2. The van der Waals surface area contributed by atoms with E-state index in [1.165, 1.54) is 4.90 Å². The highest BCUT2D eigenvalue weighted by atomic mass is 19.1. The van der Waals surface area contributed by atoms with Gasteiger partial charge in [-0.05, 0) is 24.0 Å². The van der Waals surface area contributed by atoms with Crippen LogP contribution in [0.5, 0.6) is 11.5 Å². The molecule has 2 saturated heterocycles. The Bertz CT molecular complexity index is 1340.